The van der Waals surface area contributed by atoms with Gasteiger partial charge < -0.3 is 0 Å². The van der Waals surface area contributed by atoms with Gasteiger partial charge in [-0.15, -0.1) is 0 Å². The van der Waals surface area contributed by atoms with Crippen molar-refractivity contribution in [3.63, 3.8) is 0 Å². The van der Waals surface area contributed by atoms with E-state index in [4.69, 9.17) is 5.26 Å². The molecule has 104 valence electrons. The zero-order chi connectivity index (χ0) is 14.8. The Bertz CT molecular complexity index is 886. The number of aromatic amines is 1. The average molecular weight is 279 g/mol. The van der Waals surface area contributed by atoms with Crippen molar-refractivity contribution in [3.8, 4) is 17.5 Å². The van der Waals surface area contributed by atoms with E-state index in [9.17, 15) is 4.79 Å². The molecule has 0 amide bonds. The molecule has 0 atom stereocenters. The Labute approximate surface area is 120 Å². The molecule has 0 fully saturated rings. The number of H-pyrrole nitrogens is 1. The summed E-state index contributed by atoms with van der Waals surface area (Å²) < 4.78 is 1.41. The average Bonchev–Trinajstić information content (AvgIpc) is 2.92. The van der Waals surface area contributed by atoms with E-state index >= 15 is 0 Å². The van der Waals surface area contributed by atoms with Gasteiger partial charge in [0.1, 0.15) is 0 Å². The van der Waals surface area contributed by atoms with Crippen molar-refractivity contribution in [1.82, 2.24) is 19.6 Å². The van der Waals surface area contributed by atoms with E-state index in [0.717, 1.165) is 11.4 Å². The van der Waals surface area contributed by atoms with Crippen molar-refractivity contribution in [1.29, 1.82) is 5.26 Å². The van der Waals surface area contributed by atoms with Crippen molar-refractivity contribution in [2.45, 2.75) is 19.8 Å². The molecule has 0 saturated carbocycles. The molecule has 0 spiro atoms. The van der Waals surface area contributed by atoms with Gasteiger partial charge >= 0.3 is 0 Å². The number of aryl methyl sites for hydroxylation is 1. The first kappa shape index (κ1) is 13.1. The first-order valence-corrected chi connectivity index (χ1v) is 6.60. The van der Waals surface area contributed by atoms with Gasteiger partial charge in [-0.25, -0.2) is 9.50 Å². The van der Waals surface area contributed by atoms with E-state index in [2.05, 4.69) is 21.1 Å². The second-order valence-corrected chi connectivity index (χ2v) is 4.72. The van der Waals surface area contributed by atoms with E-state index in [1.54, 1.807) is 19.2 Å². The number of pyridine rings is 1. The van der Waals surface area contributed by atoms with E-state index in [-0.39, 0.29) is 5.56 Å². The molecule has 6 nitrogen and oxygen atoms in total. The van der Waals surface area contributed by atoms with Crippen LogP contribution in [-0.2, 0) is 6.42 Å². The van der Waals surface area contributed by atoms with Crippen LogP contribution in [-0.4, -0.2) is 19.6 Å². The van der Waals surface area contributed by atoms with Crippen LogP contribution in [0.25, 0.3) is 17.0 Å². The molecule has 3 rings (SSSR count). The van der Waals surface area contributed by atoms with Gasteiger partial charge in [0.15, 0.2) is 5.65 Å². The number of nitrogens with one attached hydrogen (secondary N) is 1. The number of hydrogen-bond acceptors (Lipinski definition) is 4. The van der Waals surface area contributed by atoms with Crippen molar-refractivity contribution in [2.75, 3.05) is 0 Å². The molecule has 0 aliphatic carbocycles. The smallest absolute Gasteiger partial charge is 0.276 e. The van der Waals surface area contributed by atoms with Crippen LogP contribution in [0, 0.1) is 18.3 Å². The number of aromatic nitrogens is 4. The van der Waals surface area contributed by atoms with Crippen molar-refractivity contribution >= 4 is 5.65 Å². The third-order valence-electron chi connectivity index (χ3n) is 3.34. The lowest BCUT2D eigenvalue weighted by molar-refractivity contribution is 0.840. The third-order valence-corrected chi connectivity index (χ3v) is 3.34. The second-order valence-electron chi connectivity index (χ2n) is 4.72. The Kier molecular flexibility index (Phi) is 3.24. The van der Waals surface area contributed by atoms with E-state index < -0.39 is 0 Å². The molecule has 0 radical (unpaired) electrons. The highest BCUT2D eigenvalue weighted by molar-refractivity contribution is 5.60. The van der Waals surface area contributed by atoms with Gasteiger partial charge in [0.05, 0.1) is 17.5 Å². The monoisotopic (exact) mass is 279 g/mol. The minimum absolute atomic E-state index is 0.157. The Balaban J connectivity index is 2.17. The van der Waals surface area contributed by atoms with Gasteiger partial charge in [0.2, 0.25) is 0 Å². The van der Waals surface area contributed by atoms with Crippen LogP contribution in [0.4, 0.5) is 0 Å². The van der Waals surface area contributed by atoms with E-state index in [0.29, 0.717) is 29.7 Å². The molecule has 0 bridgehead atoms. The van der Waals surface area contributed by atoms with E-state index in [1.165, 1.54) is 4.52 Å². The summed E-state index contributed by atoms with van der Waals surface area (Å²) in [6.07, 6.45) is 2.41. The van der Waals surface area contributed by atoms with Crippen molar-refractivity contribution in [2.24, 2.45) is 0 Å². The van der Waals surface area contributed by atoms with Gasteiger partial charge in [-0.1, -0.05) is 6.07 Å². The maximum Gasteiger partial charge on any atom is 0.276 e. The highest BCUT2D eigenvalue weighted by atomic mass is 16.1. The minimum Gasteiger partial charge on any atom is -0.287 e. The molecule has 3 heterocycles. The number of hydrogen-bond donors (Lipinski definition) is 1. The molecule has 0 saturated heterocycles. The Morgan fingerprint density at radius 2 is 2.29 bits per heavy atom. The van der Waals surface area contributed by atoms with Crippen LogP contribution in [0.15, 0.2) is 35.3 Å². The molecule has 0 aliphatic heterocycles. The molecule has 6 heteroatoms. The standard InChI is InChI=1S/C15H13N5O/c1-10-11(5-4-7-16)15(21)20-14(18-10)9-13(19-20)12-6-2-3-8-17-12/h2-3,6,8-9,19H,4-5H2,1H3. The highest BCUT2D eigenvalue weighted by Crippen LogP contribution is 2.16. The topological polar surface area (TPSA) is 86.8 Å². The molecule has 3 aromatic rings. The van der Waals surface area contributed by atoms with E-state index in [1.807, 2.05) is 18.2 Å². The first-order valence-electron chi connectivity index (χ1n) is 6.60. The first-order chi connectivity index (χ1) is 10.2. The summed E-state index contributed by atoms with van der Waals surface area (Å²) in [5.74, 6) is 0. The highest BCUT2D eigenvalue weighted by Gasteiger charge is 2.12. The van der Waals surface area contributed by atoms with Crippen LogP contribution in [0.5, 0.6) is 0 Å². The third kappa shape index (κ3) is 2.30. The lowest BCUT2D eigenvalue weighted by atomic mass is 10.1. The summed E-state index contributed by atoms with van der Waals surface area (Å²) in [5, 5.41) is 11.7. The van der Waals surface area contributed by atoms with Crippen molar-refractivity contribution < 1.29 is 0 Å². The lowest BCUT2D eigenvalue weighted by Crippen LogP contribution is -2.21. The molecular formula is C15H13N5O. The largest absolute Gasteiger partial charge is 0.287 e. The van der Waals surface area contributed by atoms with Gasteiger partial charge in [-0.2, -0.15) is 5.26 Å². The molecule has 0 unspecified atom stereocenters. The van der Waals surface area contributed by atoms with Crippen LogP contribution in [0.2, 0.25) is 0 Å². The fourth-order valence-corrected chi connectivity index (χ4v) is 2.29. The number of fused-ring (bicyclic) bond motifs is 1. The van der Waals surface area contributed by atoms with Crippen molar-refractivity contribution in [3.05, 3.63) is 52.1 Å². The fraction of sp³-hybridized carbons (Fsp3) is 0.200. The fourth-order valence-electron chi connectivity index (χ4n) is 2.29. The lowest BCUT2D eigenvalue weighted by Gasteiger charge is -2.02. The Morgan fingerprint density at radius 3 is 3.00 bits per heavy atom. The number of nitrogens with zero attached hydrogens (tertiary/aromatic N) is 4. The predicted molar refractivity (Wildman–Crippen MR) is 77.7 cm³/mol. The summed E-state index contributed by atoms with van der Waals surface area (Å²) in [6.45, 7) is 1.79. The summed E-state index contributed by atoms with van der Waals surface area (Å²) in [7, 11) is 0. The molecule has 0 aromatic carbocycles. The zero-order valence-corrected chi connectivity index (χ0v) is 11.5. The van der Waals surface area contributed by atoms with Gasteiger partial charge in [0.25, 0.3) is 5.56 Å². The summed E-state index contributed by atoms with van der Waals surface area (Å²) >= 11 is 0. The summed E-state index contributed by atoms with van der Waals surface area (Å²) in [4.78, 5) is 21.1. The maximum absolute atomic E-state index is 12.5. The molecule has 1 N–H and O–H groups in total. The second kappa shape index (κ2) is 5.21. The van der Waals surface area contributed by atoms with Crippen LogP contribution in [0.1, 0.15) is 17.7 Å². The number of nitriles is 1. The number of rotatable bonds is 3. The van der Waals surface area contributed by atoms with Crippen LogP contribution >= 0.6 is 0 Å². The minimum atomic E-state index is -0.157. The Hall–Kier alpha value is -2.94. The Morgan fingerprint density at radius 1 is 1.43 bits per heavy atom. The molecule has 0 aliphatic rings. The van der Waals surface area contributed by atoms with Crippen LogP contribution in [0.3, 0.4) is 0 Å². The quantitative estimate of drug-likeness (QED) is 0.792. The van der Waals surface area contributed by atoms with Gasteiger partial charge in [-0.05, 0) is 25.5 Å². The molecule has 3 aromatic heterocycles. The van der Waals surface area contributed by atoms with Gasteiger partial charge in [0, 0.05) is 29.9 Å². The molecule has 21 heavy (non-hydrogen) atoms. The summed E-state index contributed by atoms with van der Waals surface area (Å²) in [6, 6.07) is 9.43. The molecular weight excluding hydrogens is 266 g/mol. The normalized spacial score (nSPS) is 10.7. The maximum atomic E-state index is 12.5. The zero-order valence-electron chi connectivity index (χ0n) is 11.5. The van der Waals surface area contributed by atoms with Gasteiger partial charge in [-0.3, -0.25) is 14.9 Å². The predicted octanol–water partition coefficient (Wildman–Crippen LogP) is 1.85. The SMILES string of the molecule is Cc1nc2cc(-c3ccccn3)[nH]n2c(=O)c1CCC#N. The summed E-state index contributed by atoms with van der Waals surface area (Å²) in [5.41, 5.74) is 3.12. The van der Waals surface area contributed by atoms with Crippen LogP contribution < -0.4 is 5.56 Å².